The van der Waals surface area contributed by atoms with Crippen molar-refractivity contribution in [1.29, 1.82) is 0 Å². The molecule has 0 saturated heterocycles. The van der Waals surface area contributed by atoms with Gasteiger partial charge in [0, 0.05) is 0 Å². The first-order valence-electron chi connectivity index (χ1n) is 5.18. The number of fused-ring (bicyclic) bond motifs is 2. The van der Waals surface area contributed by atoms with Crippen LogP contribution in [0, 0.1) is 6.92 Å². The summed E-state index contributed by atoms with van der Waals surface area (Å²) in [7, 11) is 0. The van der Waals surface area contributed by atoms with E-state index < -0.39 is 0 Å². The van der Waals surface area contributed by atoms with E-state index >= 15 is 0 Å². The second-order valence-corrected chi connectivity index (χ2v) is 3.85. The molecule has 2 heterocycles. The number of hydrogen-bond donors (Lipinski definition) is 1. The van der Waals surface area contributed by atoms with Crippen LogP contribution in [0.1, 0.15) is 16.1 Å². The Bertz CT molecular complexity index is 798. The number of para-hydroxylation sites is 1. The van der Waals surface area contributed by atoms with Crippen molar-refractivity contribution in [3.8, 4) is 0 Å². The van der Waals surface area contributed by atoms with E-state index in [0.29, 0.717) is 34.1 Å². The smallest absolute Gasteiger partial charge is 0.282 e. The molecular formula is C12H9N3O2. The molecule has 0 radical (unpaired) electrons. The molecule has 0 amide bonds. The van der Waals surface area contributed by atoms with Gasteiger partial charge in [0.2, 0.25) is 0 Å². The number of rotatable bonds is 1. The highest BCUT2D eigenvalue weighted by Gasteiger charge is 2.12. The van der Waals surface area contributed by atoms with Gasteiger partial charge in [-0.15, -0.1) is 0 Å². The fourth-order valence-corrected chi connectivity index (χ4v) is 1.97. The summed E-state index contributed by atoms with van der Waals surface area (Å²) in [5, 5.41) is 4.63. The van der Waals surface area contributed by atoms with E-state index in [9.17, 15) is 9.59 Å². The van der Waals surface area contributed by atoms with Gasteiger partial charge in [0.1, 0.15) is 5.65 Å². The second kappa shape index (κ2) is 3.28. The normalized spacial score (nSPS) is 11.1. The van der Waals surface area contributed by atoms with Crippen LogP contribution < -0.4 is 5.56 Å². The van der Waals surface area contributed by atoms with Crippen molar-refractivity contribution in [1.82, 2.24) is 14.6 Å². The molecule has 0 unspecified atom stereocenters. The summed E-state index contributed by atoms with van der Waals surface area (Å²) in [5.41, 5.74) is 1.90. The Morgan fingerprint density at radius 3 is 2.88 bits per heavy atom. The zero-order valence-corrected chi connectivity index (χ0v) is 9.10. The molecule has 2 aromatic heterocycles. The maximum Gasteiger partial charge on any atom is 0.282 e. The first-order valence-corrected chi connectivity index (χ1v) is 5.18. The molecule has 5 heteroatoms. The zero-order valence-electron chi connectivity index (χ0n) is 9.10. The van der Waals surface area contributed by atoms with Crippen molar-refractivity contribution in [3.05, 3.63) is 45.9 Å². The Balaban J connectivity index is 2.64. The van der Waals surface area contributed by atoms with Gasteiger partial charge in [-0.3, -0.25) is 9.59 Å². The molecule has 5 nitrogen and oxygen atoms in total. The van der Waals surface area contributed by atoms with E-state index in [2.05, 4.69) is 10.1 Å². The van der Waals surface area contributed by atoms with Crippen molar-refractivity contribution in [2.75, 3.05) is 0 Å². The first kappa shape index (κ1) is 9.77. The molecular weight excluding hydrogens is 218 g/mol. The number of nitrogens with zero attached hydrogens (tertiary/aromatic N) is 2. The summed E-state index contributed by atoms with van der Waals surface area (Å²) >= 11 is 0. The van der Waals surface area contributed by atoms with Gasteiger partial charge in [0.15, 0.2) is 6.29 Å². The number of carbonyl (C=O) groups excluding carboxylic acids is 1. The van der Waals surface area contributed by atoms with Gasteiger partial charge in [-0.2, -0.15) is 9.61 Å². The Morgan fingerprint density at radius 2 is 2.12 bits per heavy atom. The van der Waals surface area contributed by atoms with Gasteiger partial charge in [0.05, 0.1) is 22.2 Å². The molecule has 3 aromatic rings. The van der Waals surface area contributed by atoms with Crippen LogP contribution in [0.15, 0.2) is 29.1 Å². The molecule has 0 fully saturated rings. The van der Waals surface area contributed by atoms with Crippen molar-refractivity contribution in [2.24, 2.45) is 0 Å². The lowest BCUT2D eigenvalue weighted by Crippen LogP contribution is -2.15. The lowest BCUT2D eigenvalue weighted by molar-refractivity contribution is 0.112. The predicted octanol–water partition coefficient (Wildman–Crippen LogP) is 1.30. The standard InChI is InChI=1S/C12H9N3O2/c1-7-9(6-16)11-13-10-5-3-2-4-8(10)12(17)15(11)14-7/h2-6,13H,1H3. The number of aromatic amines is 1. The molecule has 17 heavy (non-hydrogen) atoms. The third-order valence-electron chi connectivity index (χ3n) is 2.83. The summed E-state index contributed by atoms with van der Waals surface area (Å²) in [5.74, 6) is 0. The van der Waals surface area contributed by atoms with Gasteiger partial charge < -0.3 is 4.98 Å². The van der Waals surface area contributed by atoms with Crippen LogP contribution in [-0.4, -0.2) is 20.9 Å². The quantitative estimate of drug-likeness (QED) is 0.637. The van der Waals surface area contributed by atoms with Crippen LogP contribution in [0.25, 0.3) is 16.6 Å². The van der Waals surface area contributed by atoms with Crippen LogP contribution >= 0.6 is 0 Å². The van der Waals surface area contributed by atoms with Crippen LogP contribution in [0.2, 0.25) is 0 Å². The van der Waals surface area contributed by atoms with Crippen LogP contribution in [-0.2, 0) is 0 Å². The van der Waals surface area contributed by atoms with Crippen LogP contribution in [0.3, 0.4) is 0 Å². The lowest BCUT2D eigenvalue weighted by Gasteiger charge is -1.99. The van der Waals surface area contributed by atoms with Crippen molar-refractivity contribution in [2.45, 2.75) is 6.92 Å². The summed E-state index contributed by atoms with van der Waals surface area (Å²) in [6.45, 7) is 1.70. The van der Waals surface area contributed by atoms with Crippen LogP contribution in [0.5, 0.6) is 0 Å². The maximum absolute atomic E-state index is 12.1. The third-order valence-corrected chi connectivity index (χ3v) is 2.83. The fraction of sp³-hybridized carbons (Fsp3) is 0.0833. The lowest BCUT2D eigenvalue weighted by atomic mass is 10.2. The highest BCUT2D eigenvalue weighted by molar-refractivity contribution is 5.88. The van der Waals surface area contributed by atoms with E-state index in [1.807, 2.05) is 6.07 Å². The van der Waals surface area contributed by atoms with Gasteiger partial charge in [-0.25, -0.2) is 0 Å². The molecule has 0 atom stereocenters. The molecule has 0 aliphatic carbocycles. The van der Waals surface area contributed by atoms with Crippen molar-refractivity contribution < 1.29 is 4.79 Å². The molecule has 0 spiro atoms. The molecule has 0 aliphatic rings. The zero-order chi connectivity index (χ0) is 12.0. The maximum atomic E-state index is 12.1. The minimum atomic E-state index is -0.217. The average Bonchev–Trinajstić information content (AvgIpc) is 2.66. The van der Waals surface area contributed by atoms with Gasteiger partial charge >= 0.3 is 0 Å². The Kier molecular flexibility index (Phi) is 1.89. The predicted molar refractivity (Wildman–Crippen MR) is 63.4 cm³/mol. The van der Waals surface area contributed by atoms with Gasteiger partial charge in [0.25, 0.3) is 5.56 Å². The molecule has 0 bridgehead atoms. The number of aromatic nitrogens is 3. The number of aryl methyl sites for hydroxylation is 1. The van der Waals surface area contributed by atoms with Crippen molar-refractivity contribution in [3.63, 3.8) is 0 Å². The van der Waals surface area contributed by atoms with Gasteiger partial charge in [-0.1, -0.05) is 12.1 Å². The summed E-state index contributed by atoms with van der Waals surface area (Å²) in [6, 6.07) is 7.15. The first-order chi connectivity index (χ1) is 8.22. The number of H-pyrrole nitrogens is 1. The number of aldehydes is 1. The Hall–Kier alpha value is -2.43. The summed E-state index contributed by atoms with van der Waals surface area (Å²) in [4.78, 5) is 26.2. The SMILES string of the molecule is Cc1nn2c(=O)c3ccccc3[nH]c2c1C=O. The van der Waals surface area contributed by atoms with Crippen molar-refractivity contribution >= 4 is 22.8 Å². The second-order valence-electron chi connectivity index (χ2n) is 3.85. The topological polar surface area (TPSA) is 67.2 Å². The minimum Gasteiger partial charge on any atom is -0.339 e. The molecule has 84 valence electrons. The number of hydrogen-bond acceptors (Lipinski definition) is 3. The molecule has 1 N–H and O–H groups in total. The van der Waals surface area contributed by atoms with Gasteiger partial charge in [-0.05, 0) is 19.1 Å². The summed E-state index contributed by atoms with van der Waals surface area (Å²) in [6.07, 6.45) is 0.711. The van der Waals surface area contributed by atoms with E-state index in [4.69, 9.17) is 0 Å². The third kappa shape index (κ3) is 1.22. The van der Waals surface area contributed by atoms with Crippen LogP contribution in [0.4, 0.5) is 0 Å². The highest BCUT2D eigenvalue weighted by atomic mass is 16.1. The van der Waals surface area contributed by atoms with E-state index in [1.165, 1.54) is 4.52 Å². The van der Waals surface area contributed by atoms with E-state index in [1.54, 1.807) is 25.1 Å². The number of nitrogens with one attached hydrogen (secondary N) is 1. The largest absolute Gasteiger partial charge is 0.339 e. The fourth-order valence-electron chi connectivity index (χ4n) is 1.97. The highest BCUT2D eigenvalue weighted by Crippen LogP contribution is 2.13. The molecule has 0 aliphatic heterocycles. The Morgan fingerprint density at radius 1 is 1.35 bits per heavy atom. The molecule has 3 rings (SSSR count). The molecule has 0 saturated carbocycles. The number of carbonyl (C=O) groups is 1. The van der Waals surface area contributed by atoms with E-state index in [-0.39, 0.29) is 5.56 Å². The molecule has 1 aromatic carbocycles. The Labute approximate surface area is 95.7 Å². The minimum absolute atomic E-state index is 0.217. The number of benzene rings is 1. The monoisotopic (exact) mass is 227 g/mol. The average molecular weight is 227 g/mol. The van der Waals surface area contributed by atoms with E-state index in [0.717, 1.165) is 0 Å². The summed E-state index contributed by atoms with van der Waals surface area (Å²) < 4.78 is 1.24.